The predicted molar refractivity (Wildman–Crippen MR) is 79.4 cm³/mol. The summed E-state index contributed by atoms with van der Waals surface area (Å²) in [6.07, 6.45) is 8.51. The van der Waals surface area contributed by atoms with E-state index in [2.05, 4.69) is 29.0 Å². The van der Waals surface area contributed by atoms with Gasteiger partial charge in [-0.1, -0.05) is 13.8 Å². The lowest BCUT2D eigenvalue weighted by Crippen LogP contribution is -2.38. The smallest absolute Gasteiger partial charge is 0.185 e. The summed E-state index contributed by atoms with van der Waals surface area (Å²) in [5.41, 5.74) is 0. The Balaban J connectivity index is 1.95. The molecule has 3 nitrogen and oxygen atoms in total. The van der Waals surface area contributed by atoms with Gasteiger partial charge in [0.25, 0.3) is 0 Å². The van der Waals surface area contributed by atoms with Crippen molar-refractivity contribution in [2.75, 3.05) is 18.0 Å². The zero-order chi connectivity index (χ0) is 12.8. The van der Waals surface area contributed by atoms with Crippen LogP contribution in [-0.4, -0.2) is 24.1 Å². The lowest BCUT2D eigenvalue weighted by molar-refractivity contribution is 0.449. The third kappa shape index (κ3) is 3.45. The number of thiazole rings is 1. The summed E-state index contributed by atoms with van der Waals surface area (Å²) in [7, 11) is 0. The Morgan fingerprint density at radius 3 is 3.11 bits per heavy atom. The van der Waals surface area contributed by atoms with Crippen LogP contribution in [0.25, 0.3) is 0 Å². The average Bonchev–Trinajstić information content (AvgIpc) is 2.88. The van der Waals surface area contributed by atoms with E-state index in [1.165, 1.54) is 48.7 Å². The molecule has 0 aliphatic carbocycles. The average molecular weight is 267 g/mol. The molecule has 1 atom stereocenters. The molecule has 0 saturated carbocycles. The van der Waals surface area contributed by atoms with Crippen LogP contribution in [0.5, 0.6) is 0 Å². The molecule has 0 bridgehead atoms. The van der Waals surface area contributed by atoms with Crippen LogP contribution >= 0.6 is 11.3 Å². The van der Waals surface area contributed by atoms with E-state index in [0.29, 0.717) is 6.04 Å². The van der Waals surface area contributed by atoms with E-state index >= 15 is 0 Å². The van der Waals surface area contributed by atoms with E-state index in [0.717, 1.165) is 13.1 Å². The minimum absolute atomic E-state index is 0.710. The summed E-state index contributed by atoms with van der Waals surface area (Å²) in [5, 5.41) is 4.68. The van der Waals surface area contributed by atoms with Gasteiger partial charge in [-0.15, -0.1) is 11.3 Å². The van der Waals surface area contributed by atoms with Crippen LogP contribution < -0.4 is 10.2 Å². The van der Waals surface area contributed by atoms with Gasteiger partial charge in [0.15, 0.2) is 5.13 Å². The number of piperidine rings is 1. The summed E-state index contributed by atoms with van der Waals surface area (Å²) in [6.45, 7) is 7.74. The highest BCUT2D eigenvalue weighted by Crippen LogP contribution is 2.29. The first-order valence-corrected chi connectivity index (χ1v) is 8.08. The Morgan fingerprint density at radius 1 is 1.44 bits per heavy atom. The first kappa shape index (κ1) is 13.8. The molecular weight excluding hydrogens is 242 g/mol. The first-order chi connectivity index (χ1) is 8.85. The van der Waals surface area contributed by atoms with Crippen molar-refractivity contribution in [1.82, 2.24) is 10.3 Å². The molecule has 2 heterocycles. The van der Waals surface area contributed by atoms with Gasteiger partial charge in [-0.25, -0.2) is 4.98 Å². The van der Waals surface area contributed by atoms with E-state index < -0.39 is 0 Å². The van der Waals surface area contributed by atoms with E-state index in [1.54, 1.807) is 0 Å². The van der Waals surface area contributed by atoms with Gasteiger partial charge < -0.3 is 10.2 Å². The van der Waals surface area contributed by atoms with Crippen molar-refractivity contribution in [2.24, 2.45) is 0 Å². The molecule has 0 radical (unpaired) electrons. The topological polar surface area (TPSA) is 28.2 Å². The number of nitrogens with zero attached hydrogens (tertiary/aromatic N) is 2. The van der Waals surface area contributed by atoms with Crippen LogP contribution in [0.15, 0.2) is 6.20 Å². The van der Waals surface area contributed by atoms with Gasteiger partial charge in [0.2, 0.25) is 0 Å². The molecule has 1 unspecified atom stereocenters. The van der Waals surface area contributed by atoms with Crippen molar-refractivity contribution in [3.05, 3.63) is 11.1 Å². The van der Waals surface area contributed by atoms with Gasteiger partial charge in [0.1, 0.15) is 0 Å². The lowest BCUT2D eigenvalue weighted by atomic mass is 10.0. The molecule has 0 aromatic carbocycles. The second-order valence-electron chi connectivity index (χ2n) is 5.04. The summed E-state index contributed by atoms with van der Waals surface area (Å²) < 4.78 is 0. The van der Waals surface area contributed by atoms with Crippen molar-refractivity contribution in [2.45, 2.75) is 58.5 Å². The summed E-state index contributed by atoms with van der Waals surface area (Å²) >= 11 is 1.86. The summed E-state index contributed by atoms with van der Waals surface area (Å²) in [5.74, 6) is 0. The Labute approximate surface area is 115 Å². The minimum Gasteiger partial charge on any atom is -0.345 e. The lowest BCUT2D eigenvalue weighted by Gasteiger charge is -2.34. The summed E-state index contributed by atoms with van der Waals surface area (Å²) in [4.78, 5) is 8.51. The maximum Gasteiger partial charge on any atom is 0.185 e. The first-order valence-electron chi connectivity index (χ1n) is 7.27. The van der Waals surface area contributed by atoms with Gasteiger partial charge in [-0.2, -0.15) is 0 Å². The number of hydrogen-bond donors (Lipinski definition) is 1. The molecule has 1 aliphatic heterocycles. The van der Waals surface area contributed by atoms with Gasteiger partial charge in [0, 0.05) is 30.2 Å². The number of hydrogen-bond acceptors (Lipinski definition) is 4. The number of anilines is 1. The molecule has 4 heteroatoms. The van der Waals surface area contributed by atoms with Crippen molar-refractivity contribution in [3.63, 3.8) is 0 Å². The molecule has 1 fully saturated rings. The van der Waals surface area contributed by atoms with Crippen molar-refractivity contribution in [3.8, 4) is 0 Å². The predicted octanol–water partition coefficient (Wildman–Crippen LogP) is 3.41. The molecule has 2 rings (SSSR count). The molecular formula is C14H25N3S. The maximum absolute atomic E-state index is 4.62. The minimum atomic E-state index is 0.710. The molecule has 1 aromatic rings. The molecule has 102 valence electrons. The highest BCUT2D eigenvalue weighted by atomic mass is 32.1. The van der Waals surface area contributed by atoms with Crippen LogP contribution in [-0.2, 0) is 6.54 Å². The Bertz CT molecular complexity index is 351. The fourth-order valence-electron chi connectivity index (χ4n) is 2.58. The monoisotopic (exact) mass is 267 g/mol. The molecule has 1 aliphatic rings. The van der Waals surface area contributed by atoms with Crippen molar-refractivity contribution < 1.29 is 0 Å². The normalized spacial score (nSPS) is 20.3. The van der Waals surface area contributed by atoms with Crippen LogP contribution in [0.3, 0.4) is 0 Å². The Kier molecular flexibility index (Phi) is 5.45. The van der Waals surface area contributed by atoms with E-state index in [1.807, 2.05) is 17.5 Å². The fraction of sp³-hybridized carbons (Fsp3) is 0.786. The molecule has 1 saturated heterocycles. The summed E-state index contributed by atoms with van der Waals surface area (Å²) in [6, 6.07) is 0.710. The maximum atomic E-state index is 4.62. The Morgan fingerprint density at radius 2 is 2.33 bits per heavy atom. The number of nitrogens with one attached hydrogen (secondary N) is 1. The number of aromatic nitrogens is 1. The fourth-order valence-corrected chi connectivity index (χ4v) is 3.55. The van der Waals surface area contributed by atoms with Crippen LogP contribution in [0.2, 0.25) is 0 Å². The molecule has 1 aromatic heterocycles. The molecule has 18 heavy (non-hydrogen) atoms. The van der Waals surface area contributed by atoms with Crippen LogP contribution in [0.1, 0.15) is 50.8 Å². The van der Waals surface area contributed by atoms with Gasteiger partial charge in [-0.05, 0) is 38.6 Å². The third-order valence-corrected chi connectivity index (χ3v) is 4.65. The SMILES string of the molecule is CCCNCc1cnc(N2CCCCC2CC)s1. The highest BCUT2D eigenvalue weighted by Gasteiger charge is 2.23. The van der Waals surface area contributed by atoms with Gasteiger partial charge >= 0.3 is 0 Å². The molecule has 0 spiro atoms. The second kappa shape index (κ2) is 7.10. The highest BCUT2D eigenvalue weighted by molar-refractivity contribution is 7.15. The Hall–Kier alpha value is -0.610. The van der Waals surface area contributed by atoms with E-state index in [9.17, 15) is 0 Å². The third-order valence-electron chi connectivity index (χ3n) is 3.61. The van der Waals surface area contributed by atoms with Crippen LogP contribution in [0, 0.1) is 0 Å². The quantitative estimate of drug-likeness (QED) is 0.801. The van der Waals surface area contributed by atoms with Gasteiger partial charge in [0.05, 0.1) is 0 Å². The van der Waals surface area contributed by atoms with E-state index in [4.69, 9.17) is 0 Å². The van der Waals surface area contributed by atoms with Crippen molar-refractivity contribution >= 4 is 16.5 Å². The zero-order valence-corrected chi connectivity index (χ0v) is 12.4. The van der Waals surface area contributed by atoms with Gasteiger partial charge in [-0.3, -0.25) is 0 Å². The standard InChI is InChI=1S/C14H25N3S/c1-3-8-15-10-13-11-16-14(18-13)17-9-6-5-7-12(17)4-2/h11-12,15H,3-10H2,1-2H3. The van der Waals surface area contributed by atoms with Crippen molar-refractivity contribution in [1.29, 1.82) is 0 Å². The molecule has 1 N–H and O–H groups in total. The zero-order valence-electron chi connectivity index (χ0n) is 11.6. The number of rotatable bonds is 6. The molecule has 0 amide bonds. The van der Waals surface area contributed by atoms with Crippen LogP contribution in [0.4, 0.5) is 5.13 Å². The second-order valence-corrected chi connectivity index (χ2v) is 6.13. The largest absolute Gasteiger partial charge is 0.345 e. The van der Waals surface area contributed by atoms with E-state index in [-0.39, 0.29) is 0 Å².